The Bertz CT molecular complexity index is 67.7. The van der Waals surface area contributed by atoms with Crippen LogP contribution >= 0.6 is 0 Å². The van der Waals surface area contributed by atoms with Crippen LogP contribution in [0.15, 0.2) is 4.99 Å². The molecule has 7 heavy (non-hydrogen) atoms. The van der Waals surface area contributed by atoms with Crippen LogP contribution in [0.2, 0.25) is 0 Å². The Labute approximate surface area is 43.9 Å². The van der Waals surface area contributed by atoms with E-state index in [4.69, 9.17) is 17.2 Å². The minimum absolute atomic E-state index is 0. The zero-order chi connectivity index (χ0) is 5.70. The second-order valence-electron chi connectivity index (χ2n) is 1.10. The summed E-state index contributed by atoms with van der Waals surface area (Å²) in [7, 11) is 0. The molecule has 4 nitrogen and oxygen atoms in total. The van der Waals surface area contributed by atoms with Gasteiger partial charge in [0, 0.05) is 7.97 Å². The first-order valence-corrected chi connectivity index (χ1v) is 2.03. The second-order valence-corrected chi connectivity index (χ2v) is 1.10. The zero-order valence-corrected chi connectivity index (χ0v) is 4.09. The van der Waals surface area contributed by atoms with E-state index in [1.54, 1.807) is 0 Å². The van der Waals surface area contributed by atoms with E-state index in [-0.39, 0.29) is 7.39 Å². The van der Waals surface area contributed by atoms with Gasteiger partial charge in [0.2, 0.25) is 0 Å². The summed E-state index contributed by atoms with van der Waals surface area (Å²) in [6, 6.07) is 0. The van der Waals surface area contributed by atoms with Gasteiger partial charge >= 0.3 is 0 Å². The highest BCUT2D eigenvalue weighted by atomic mass is 15.0. The van der Waals surface area contributed by atoms with Crippen LogP contribution in [0.5, 0.6) is 0 Å². The third-order valence-corrected chi connectivity index (χ3v) is 0.423. The van der Waals surface area contributed by atoms with E-state index in [1.807, 2.05) is 0 Å². The average Bonchev–Trinajstić information content (AvgIpc) is 1.61. The lowest BCUT2D eigenvalue weighted by Crippen LogP contribution is -2.24. The van der Waals surface area contributed by atoms with Crippen LogP contribution in [0.3, 0.4) is 0 Å². The highest BCUT2D eigenvalue weighted by Gasteiger charge is 1.74. The molecule has 44 valence electrons. The van der Waals surface area contributed by atoms with Gasteiger partial charge < -0.3 is 17.2 Å². The number of rotatable bonds is 2. The minimum Gasteiger partial charge on any atom is -0.370 e. The summed E-state index contributed by atoms with van der Waals surface area (Å²) in [4.78, 5) is 3.59. The van der Waals surface area contributed by atoms with Gasteiger partial charge in [-0.15, -0.1) is 0 Å². The fourth-order valence-corrected chi connectivity index (χ4v) is 0.194. The van der Waals surface area contributed by atoms with Crippen LogP contribution in [0.4, 0.5) is 0 Å². The van der Waals surface area contributed by atoms with Gasteiger partial charge in [-0.3, -0.25) is 4.99 Å². The summed E-state index contributed by atoms with van der Waals surface area (Å²) < 4.78 is 0. The van der Waals surface area contributed by atoms with E-state index in [1.165, 1.54) is 0 Å². The Kier molecular flexibility index (Phi) is 3.04. The van der Waals surface area contributed by atoms with Gasteiger partial charge in [0.15, 0.2) is 5.96 Å². The SMILES string of the molecule is NCCN=C(N)N.[HH]. The molecule has 6 N–H and O–H groups in total. The van der Waals surface area contributed by atoms with E-state index in [0.717, 1.165) is 0 Å². The first-order chi connectivity index (χ1) is 3.27. The summed E-state index contributed by atoms with van der Waals surface area (Å²) in [6.45, 7) is 1.01. The van der Waals surface area contributed by atoms with Crippen molar-refractivity contribution in [3.05, 3.63) is 0 Å². The van der Waals surface area contributed by atoms with E-state index in [0.29, 0.717) is 13.1 Å². The molecule has 0 unspecified atom stereocenters. The topological polar surface area (TPSA) is 90.4 Å². The van der Waals surface area contributed by atoms with Gasteiger partial charge in [0.25, 0.3) is 0 Å². The molecular weight excluding hydrogens is 92.1 g/mol. The summed E-state index contributed by atoms with van der Waals surface area (Å²) in [5, 5.41) is 0. The molecule has 0 aliphatic carbocycles. The summed E-state index contributed by atoms with van der Waals surface area (Å²) in [6.07, 6.45) is 0. The third kappa shape index (κ3) is 5.23. The van der Waals surface area contributed by atoms with Crippen molar-refractivity contribution < 1.29 is 1.43 Å². The summed E-state index contributed by atoms with van der Waals surface area (Å²) in [5.74, 6) is 0.102. The van der Waals surface area contributed by atoms with Crippen LogP contribution < -0.4 is 17.2 Å². The first kappa shape index (κ1) is 6.23. The van der Waals surface area contributed by atoms with Crippen LogP contribution in [-0.2, 0) is 0 Å². The molecule has 0 aliphatic rings. The minimum atomic E-state index is 0. The maximum atomic E-state index is 5.06. The Morgan fingerprint density at radius 3 is 2.29 bits per heavy atom. The number of nitrogens with two attached hydrogens (primary N) is 3. The summed E-state index contributed by atoms with van der Waals surface area (Å²) >= 11 is 0. The molecule has 0 spiro atoms. The number of guanidine groups is 1. The lowest BCUT2D eigenvalue weighted by Gasteiger charge is -1.86. The molecule has 0 fully saturated rings. The summed E-state index contributed by atoms with van der Waals surface area (Å²) in [5.41, 5.74) is 15.0. The predicted molar refractivity (Wildman–Crippen MR) is 31.8 cm³/mol. The van der Waals surface area contributed by atoms with Crippen molar-refractivity contribution in [2.24, 2.45) is 22.2 Å². The van der Waals surface area contributed by atoms with Gasteiger partial charge in [0.05, 0.1) is 6.54 Å². The highest BCUT2D eigenvalue weighted by Crippen LogP contribution is 1.58. The molecule has 0 saturated carbocycles. The number of nitrogens with zero attached hydrogens (tertiary/aromatic N) is 1. The van der Waals surface area contributed by atoms with E-state index in [9.17, 15) is 0 Å². The van der Waals surface area contributed by atoms with Crippen LogP contribution in [0, 0.1) is 0 Å². The van der Waals surface area contributed by atoms with Gasteiger partial charge in [-0.05, 0) is 0 Å². The molecule has 0 aromatic heterocycles. The molecule has 0 aromatic rings. The molecule has 0 saturated heterocycles. The lowest BCUT2D eigenvalue weighted by atomic mass is 10.7. The molecule has 0 amide bonds. The molecule has 0 atom stereocenters. The first-order valence-electron chi connectivity index (χ1n) is 2.03. The maximum absolute atomic E-state index is 5.06. The average molecular weight is 104 g/mol. The lowest BCUT2D eigenvalue weighted by molar-refractivity contribution is 0.970. The maximum Gasteiger partial charge on any atom is 0.185 e. The number of aliphatic imine (C=N–C) groups is 1. The van der Waals surface area contributed by atoms with Gasteiger partial charge in [-0.1, -0.05) is 0 Å². The Morgan fingerprint density at radius 1 is 1.57 bits per heavy atom. The molecule has 0 radical (unpaired) electrons. The van der Waals surface area contributed by atoms with Gasteiger partial charge in [-0.25, -0.2) is 0 Å². The smallest absolute Gasteiger partial charge is 0.185 e. The zero-order valence-electron chi connectivity index (χ0n) is 4.09. The molecule has 0 rings (SSSR count). The Hall–Kier alpha value is -0.770. The molecular formula is C3H12N4. The van der Waals surface area contributed by atoms with Crippen molar-refractivity contribution in [1.82, 2.24) is 0 Å². The van der Waals surface area contributed by atoms with Gasteiger partial charge in [0.1, 0.15) is 0 Å². The van der Waals surface area contributed by atoms with Crippen molar-refractivity contribution in [3.8, 4) is 0 Å². The third-order valence-electron chi connectivity index (χ3n) is 0.423. The largest absolute Gasteiger partial charge is 0.370 e. The highest BCUT2D eigenvalue weighted by molar-refractivity contribution is 5.75. The molecule has 0 aromatic carbocycles. The molecule has 4 heteroatoms. The standard InChI is InChI=1S/C3H10N4.H2/c4-1-2-7-3(5)6;/h1-2,4H2,(H4,5,6,7);1H. The number of hydrogen-bond donors (Lipinski definition) is 3. The normalized spacial score (nSPS) is 8.14. The van der Waals surface area contributed by atoms with Crippen LogP contribution in [-0.4, -0.2) is 19.0 Å². The van der Waals surface area contributed by atoms with E-state index >= 15 is 0 Å². The van der Waals surface area contributed by atoms with Crippen LogP contribution in [0.25, 0.3) is 0 Å². The van der Waals surface area contributed by atoms with E-state index < -0.39 is 0 Å². The van der Waals surface area contributed by atoms with Crippen molar-refractivity contribution in [1.29, 1.82) is 0 Å². The predicted octanol–water partition coefficient (Wildman–Crippen LogP) is -1.54. The van der Waals surface area contributed by atoms with Crippen molar-refractivity contribution in [2.75, 3.05) is 13.1 Å². The molecule has 0 bridgehead atoms. The van der Waals surface area contributed by atoms with E-state index in [2.05, 4.69) is 4.99 Å². The molecule has 0 aliphatic heterocycles. The fourth-order valence-electron chi connectivity index (χ4n) is 0.194. The van der Waals surface area contributed by atoms with Crippen molar-refractivity contribution in [2.45, 2.75) is 0 Å². The Balaban J connectivity index is 0. The number of hydrogen-bond acceptors (Lipinski definition) is 2. The fraction of sp³-hybridized carbons (Fsp3) is 0.667. The van der Waals surface area contributed by atoms with Crippen molar-refractivity contribution in [3.63, 3.8) is 0 Å². The quantitative estimate of drug-likeness (QED) is 0.293. The van der Waals surface area contributed by atoms with Crippen LogP contribution in [0.1, 0.15) is 1.43 Å². The monoisotopic (exact) mass is 104 g/mol. The van der Waals surface area contributed by atoms with Crippen molar-refractivity contribution >= 4 is 5.96 Å². The second kappa shape index (κ2) is 3.42. The Morgan fingerprint density at radius 2 is 2.14 bits per heavy atom. The van der Waals surface area contributed by atoms with Gasteiger partial charge in [-0.2, -0.15) is 0 Å². The molecule has 0 heterocycles.